The molecule has 1 unspecified atom stereocenters. The second-order valence-corrected chi connectivity index (χ2v) is 7.33. The first-order chi connectivity index (χ1) is 13.5. The first-order valence-electron chi connectivity index (χ1n) is 9.10. The molecule has 0 radical (unpaired) electrons. The van der Waals surface area contributed by atoms with Crippen molar-refractivity contribution in [3.63, 3.8) is 0 Å². The van der Waals surface area contributed by atoms with E-state index in [-0.39, 0.29) is 37.3 Å². The quantitative estimate of drug-likeness (QED) is 0.828. The molecule has 1 atom stereocenters. The van der Waals surface area contributed by atoms with E-state index in [0.29, 0.717) is 0 Å². The number of urea groups is 1. The predicted molar refractivity (Wildman–Crippen MR) is 101 cm³/mol. The lowest BCUT2D eigenvalue weighted by Crippen LogP contribution is -2.62. The number of hydrogen-bond donors (Lipinski definition) is 1. The standard InChI is InChI=1S/C19H24F3N5O2/c1-12(2)24-18(29)27-8-7-26(11-16(27)17(28)25(3)4)14-6-5-13(10-23)15(9-14)19(20,21)22/h5-6,9,12,16H,7-8,11H2,1-4H3,(H,24,29). The van der Waals surface area contributed by atoms with Gasteiger partial charge in [0.1, 0.15) is 6.04 Å². The minimum absolute atomic E-state index is 0.0473. The Morgan fingerprint density at radius 1 is 1.28 bits per heavy atom. The zero-order chi connectivity index (χ0) is 21.9. The summed E-state index contributed by atoms with van der Waals surface area (Å²) in [6.07, 6.45) is -4.67. The molecule has 7 nitrogen and oxygen atoms in total. The molecule has 0 saturated carbocycles. The summed E-state index contributed by atoms with van der Waals surface area (Å²) < 4.78 is 39.9. The molecule has 1 aliphatic rings. The maximum Gasteiger partial charge on any atom is 0.417 e. The smallest absolute Gasteiger partial charge is 0.367 e. The number of nitriles is 1. The number of anilines is 1. The van der Waals surface area contributed by atoms with Gasteiger partial charge in [-0.05, 0) is 32.0 Å². The van der Waals surface area contributed by atoms with Crippen molar-refractivity contribution in [3.05, 3.63) is 29.3 Å². The van der Waals surface area contributed by atoms with Gasteiger partial charge in [0.05, 0.1) is 17.2 Å². The minimum Gasteiger partial charge on any atom is -0.367 e. The summed E-state index contributed by atoms with van der Waals surface area (Å²) in [5.41, 5.74) is -1.23. The largest absolute Gasteiger partial charge is 0.417 e. The van der Waals surface area contributed by atoms with Gasteiger partial charge in [0.25, 0.3) is 0 Å². The van der Waals surface area contributed by atoms with E-state index in [0.717, 1.165) is 12.1 Å². The van der Waals surface area contributed by atoms with Gasteiger partial charge in [-0.15, -0.1) is 0 Å². The molecule has 1 aromatic rings. The third-order valence-electron chi connectivity index (χ3n) is 4.57. The first-order valence-corrected chi connectivity index (χ1v) is 9.10. The molecule has 1 N–H and O–H groups in total. The Labute approximate surface area is 167 Å². The number of carbonyl (C=O) groups is 2. The average Bonchev–Trinajstić information content (AvgIpc) is 2.65. The van der Waals surface area contributed by atoms with Crippen LogP contribution in [-0.2, 0) is 11.0 Å². The highest BCUT2D eigenvalue weighted by molar-refractivity contribution is 5.88. The molecule has 1 saturated heterocycles. The van der Waals surface area contributed by atoms with E-state index in [9.17, 15) is 22.8 Å². The van der Waals surface area contributed by atoms with Gasteiger partial charge < -0.3 is 20.0 Å². The van der Waals surface area contributed by atoms with Crippen molar-refractivity contribution in [2.45, 2.75) is 32.1 Å². The van der Waals surface area contributed by atoms with E-state index >= 15 is 0 Å². The Morgan fingerprint density at radius 3 is 2.45 bits per heavy atom. The number of carbonyl (C=O) groups excluding carboxylic acids is 2. The molecule has 158 valence electrons. The molecular weight excluding hydrogens is 387 g/mol. The van der Waals surface area contributed by atoms with Gasteiger partial charge in [-0.25, -0.2) is 4.79 Å². The highest BCUT2D eigenvalue weighted by Crippen LogP contribution is 2.35. The van der Waals surface area contributed by atoms with Crippen LogP contribution in [0.3, 0.4) is 0 Å². The van der Waals surface area contributed by atoms with E-state index < -0.39 is 29.4 Å². The molecule has 1 aliphatic heterocycles. The number of likely N-dealkylation sites (N-methyl/N-ethyl adjacent to an activating group) is 1. The van der Waals surface area contributed by atoms with Crippen LogP contribution >= 0.6 is 0 Å². The first kappa shape index (κ1) is 22.3. The number of hydrogen-bond acceptors (Lipinski definition) is 4. The third kappa shape index (κ3) is 5.10. The number of benzene rings is 1. The number of alkyl halides is 3. The molecule has 0 aliphatic carbocycles. The second-order valence-electron chi connectivity index (χ2n) is 7.33. The van der Waals surface area contributed by atoms with Gasteiger partial charge >= 0.3 is 12.2 Å². The normalized spacial score (nSPS) is 17.1. The van der Waals surface area contributed by atoms with Crippen LogP contribution in [0.15, 0.2) is 18.2 Å². The molecule has 29 heavy (non-hydrogen) atoms. The molecule has 1 heterocycles. The van der Waals surface area contributed by atoms with Crippen LogP contribution in [0.1, 0.15) is 25.0 Å². The van der Waals surface area contributed by atoms with Crippen LogP contribution in [0.25, 0.3) is 0 Å². The third-order valence-corrected chi connectivity index (χ3v) is 4.57. The van der Waals surface area contributed by atoms with Gasteiger partial charge in [0.15, 0.2) is 0 Å². The van der Waals surface area contributed by atoms with E-state index in [1.54, 1.807) is 38.9 Å². The molecular formula is C19H24F3N5O2. The summed E-state index contributed by atoms with van der Waals surface area (Å²) in [6, 6.07) is 3.66. The van der Waals surface area contributed by atoms with Crippen molar-refractivity contribution in [1.82, 2.24) is 15.1 Å². The fourth-order valence-electron chi connectivity index (χ4n) is 3.16. The van der Waals surface area contributed by atoms with E-state index in [1.807, 2.05) is 0 Å². The number of piperazine rings is 1. The molecule has 1 aromatic carbocycles. The monoisotopic (exact) mass is 411 g/mol. The molecule has 3 amide bonds. The second kappa shape index (κ2) is 8.59. The Balaban J connectivity index is 2.35. The van der Waals surface area contributed by atoms with Crippen molar-refractivity contribution >= 4 is 17.6 Å². The van der Waals surface area contributed by atoms with E-state index in [1.165, 1.54) is 15.9 Å². The Morgan fingerprint density at radius 2 is 1.93 bits per heavy atom. The van der Waals surface area contributed by atoms with Crippen molar-refractivity contribution in [1.29, 1.82) is 5.26 Å². The maximum atomic E-state index is 13.3. The molecule has 0 spiro atoms. The fraction of sp³-hybridized carbons (Fsp3) is 0.526. The van der Waals surface area contributed by atoms with Crippen LogP contribution in [-0.4, -0.2) is 67.6 Å². The SMILES string of the molecule is CC(C)NC(=O)N1CCN(c2ccc(C#N)c(C(F)(F)F)c2)CC1C(=O)N(C)C. The van der Waals surface area contributed by atoms with Crippen LogP contribution in [0.2, 0.25) is 0 Å². The summed E-state index contributed by atoms with van der Waals surface area (Å²) in [4.78, 5) is 29.5. The summed E-state index contributed by atoms with van der Waals surface area (Å²) in [7, 11) is 3.12. The van der Waals surface area contributed by atoms with Crippen LogP contribution < -0.4 is 10.2 Å². The maximum absolute atomic E-state index is 13.3. The summed E-state index contributed by atoms with van der Waals surface area (Å²) in [6.45, 7) is 4.07. The van der Waals surface area contributed by atoms with Gasteiger partial charge in [0.2, 0.25) is 5.91 Å². The zero-order valence-corrected chi connectivity index (χ0v) is 16.7. The average molecular weight is 411 g/mol. The van der Waals surface area contributed by atoms with Crippen LogP contribution in [0.4, 0.5) is 23.7 Å². The van der Waals surface area contributed by atoms with E-state index in [4.69, 9.17) is 5.26 Å². The van der Waals surface area contributed by atoms with Crippen molar-refractivity contribution in [3.8, 4) is 6.07 Å². The van der Waals surface area contributed by atoms with Gasteiger partial charge in [0, 0.05) is 45.5 Å². The Bertz CT molecular complexity index is 817. The lowest BCUT2D eigenvalue weighted by Gasteiger charge is -2.42. The lowest BCUT2D eigenvalue weighted by atomic mass is 10.0. The minimum atomic E-state index is -4.67. The molecule has 0 bridgehead atoms. The lowest BCUT2D eigenvalue weighted by molar-refractivity contribution is -0.138. The number of halogens is 3. The predicted octanol–water partition coefficient (Wildman–Crippen LogP) is 2.27. The highest BCUT2D eigenvalue weighted by Gasteiger charge is 2.38. The van der Waals surface area contributed by atoms with Crippen molar-refractivity contribution in [2.75, 3.05) is 38.6 Å². The Hall–Kier alpha value is -2.96. The summed E-state index contributed by atoms with van der Waals surface area (Å²) in [5.74, 6) is -0.321. The van der Waals surface area contributed by atoms with Crippen molar-refractivity contribution in [2.24, 2.45) is 0 Å². The zero-order valence-electron chi connectivity index (χ0n) is 16.7. The Kier molecular flexibility index (Phi) is 6.62. The van der Waals surface area contributed by atoms with Gasteiger partial charge in [-0.1, -0.05) is 0 Å². The summed E-state index contributed by atoms with van der Waals surface area (Å²) in [5, 5.41) is 11.7. The topological polar surface area (TPSA) is 79.7 Å². The number of rotatable bonds is 3. The van der Waals surface area contributed by atoms with Crippen LogP contribution in [0.5, 0.6) is 0 Å². The number of nitrogens with one attached hydrogen (secondary N) is 1. The van der Waals surface area contributed by atoms with Crippen LogP contribution in [0, 0.1) is 11.3 Å². The van der Waals surface area contributed by atoms with Gasteiger partial charge in [-0.2, -0.15) is 18.4 Å². The van der Waals surface area contributed by atoms with Gasteiger partial charge in [-0.3, -0.25) is 4.79 Å². The number of amides is 3. The molecule has 0 aromatic heterocycles. The summed E-state index contributed by atoms with van der Waals surface area (Å²) >= 11 is 0. The molecule has 2 rings (SSSR count). The van der Waals surface area contributed by atoms with Crippen molar-refractivity contribution < 1.29 is 22.8 Å². The highest BCUT2D eigenvalue weighted by atomic mass is 19.4. The molecule has 1 fully saturated rings. The fourth-order valence-corrected chi connectivity index (χ4v) is 3.16. The number of nitrogens with zero attached hydrogens (tertiary/aromatic N) is 4. The molecule has 10 heteroatoms. The van der Waals surface area contributed by atoms with E-state index in [2.05, 4.69) is 5.32 Å².